The summed E-state index contributed by atoms with van der Waals surface area (Å²) >= 11 is 0. The summed E-state index contributed by atoms with van der Waals surface area (Å²) in [4.78, 5) is 12.6. The molecule has 0 aliphatic rings. The van der Waals surface area contributed by atoms with E-state index in [4.69, 9.17) is 5.73 Å². The summed E-state index contributed by atoms with van der Waals surface area (Å²) in [6.45, 7) is 2.89. The second kappa shape index (κ2) is 33.1. The Balaban J connectivity index is 3.53. The summed E-state index contributed by atoms with van der Waals surface area (Å²) < 4.78 is 0. The van der Waals surface area contributed by atoms with Crippen LogP contribution in [0.4, 0.5) is 0 Å². The van der Waals surface area contributed by atoms with E-state index in [2.05, 4.69) is 6.92 Å². The van der Waals surface area contributed by atoms with Gasteiger partial charge < -0.3 is 15.9 Å². The van der Waals surface area contributed by atoms with Gasteiger partial charge in [-0.05, 0) is 25.8 Å². The number of hydrogen-bond donors (Lipinski definition) is 3. The minimum atomic E-state index is -0.682. The first kappa shape index (κ1) is 39.5. The highest BCUT2D eigenvalue weighted by atomic mass is 16.3. The zero-order valence-corrected chi connectivity index (χ0v) is 27.2. The van der Waals surface area contributed by atoms with Crippen molar-refractivity contribution in [2.75, 3.05) is 13.2 Å². The molecule has 0 aliphatic heterocycles. The van der Waals surface area contributed by atoms with Crippen LogP contribution in [-0.4, -0.2) is 35.3 Å². The number of ketones is 1. The molecule has 0 spiro atoms. The Morgan fingerprint density at radius 3 is 1.20 bits per heavy atom. The molecule has 0 rings (SSSR count). The Morgan fingerprint density at radius 1 is 0.525 bits per heavy atom. The summed E-state index contributed by atoms with van der Waals surface area (Å²) in [6.07, 6.45) is 36.6. The van der Waals surface area contributed by atoms with Crippen LogP contribution in [0.5, 0.6) is 0 Å². The largest absolute Gasteiger partial charge is 0.396 e. The summed E-state index contributed by atoms with van der Waals surface area (Å²) in [5.74, 6) is -0.522. The summed E-state index contributed by atoms with van der Waals surface area (Å²) in [7, 11) is 0. The van der Waals surface area contributed by atoms with Gasteiger partial charge in [-0.15, -0.1) is 0 Å². The molecule has 0 aromatic heterocycles. The van der Waals surface area contributed by atoms with Crippen LogP contribution in [0.25, 0.3) is 0 Å². The standard InChI is InChI=1S/C36H73NO3/c1-2-3-4-5-6-7-8-9-10-12-15-18-21-24-27-30-35(39)34(33-38)36(40)31-28-25-22-19-16-13-11-14-17-20-23-26-29-32-37/h34,36,38,40H,2-33,37H2,1H3/t34-,36-/m1/s1. The minimum absolute atomic E-state index is 0.0593. The van der Waals surface area contributed by atoms with E-state index in [0.29, 0.717) is 12.8 Å². The molecule has 40 heavy (non-hydrogen) atoms. The number of unbranched alkanes of at least 4 members (excludes halogenated alkanes) is 26. The Labute approximate surface area is 251 Å². The Hall–Kier alpha value is -0.450. The zero-order chi connectivity index (χ0) is 29.4. The van der Waals surface area contributed by atoms with Crippen molar-refractivity contribution in [1.82, 2.24) is 0 Å². The fourth-order valence-electron chi connectivity index (χ4n) is 5.94. The number of rotatable bonds is 34. The Kier molecular flexibility index (Phi) is 32.7. The fraction of sp³-hybridized carbons (Fsp3) is 0.972. The third-order valence-electron chi connectivity index (χ3n) is 8.81. The van der Waals surface area contributed by atoms with Gasteiger partial charge >= 0.3 is 0 Å². The van der Waals surface area contributed by atoms with Crippen LogP contribution >= 0.6 is 0 Å². The molecule has 0 fully saturated rings. The van der Waals surface area contributed by atoms with Gasteiger partial charge in [-0.2, -0.15) is 0 Å². The summed E-state index contributed by atoms with van der Waals surface area (Å²) in [5.41, 5.74) is 5.53. The number of aliphatic hydroxyl groups is 2. The molecule has 4 nitrogen and oxygen atoms in total. The molecule has 0 radical (unpaired) electrons. The van der Waals surface area contributed by atoms with E-state index in [1.54, 1.807) is 0 Å². The molecule has 0 heterocycles. The first-order chi connectivity index (χ1) is 19.7. The lowest BCUT2D eigenvalue weighted by atomic mass is 9.91. The van der Waals surface area contributed by atoms with Crippen LogP contribution in [0, 0.1) is 5.92 Å². The molecule has 0 amide bonds. The molecule has 4 N–H and O–H groups in total. The maximum Gasteiger partial charge on any atom is 0.140 e. The van der Waals surface area contributed by atoms with E-state index in [-0.39, 0.29) is 12.4 Å². The van der Waals surface area contributed by atoms with Crippen molar-refractivity contribution < 1.29 is 15.0 Å². The average Bonchev–Trinajstić information content (AvgIpc) is 2.95. The summed E-state index contributed by atoms with van der Waals surface area (Å²) in [6, 6.07) is 0. The molecule has 4 heteroatoms. The van der Waals surface area contributed by atoms with Crippen molar-refractivity contribution in [3.63, 3.8) is 0 Å². The van der Waals surface area contributed by atoms with Gasteiger partial charge in [-0.3, -0.25) is 4.79 Å². The molecule has 0 aliphatic carbocycles. The molecule has 240 valence electrons. The number of nitrogens with two attached hydrogens (primary N) is 1. The third-order valence-corrected chi connectivity index (χ3v) is 8.81. The van der Waals surface area contributed by atoms with Gasteiger partial charge in [0, 0.05) is 6.42 Å². The van der Waals surface area contributed by atoms with Crippen LogP contribution in [-0.2, 0) is 4.79 Å². The molecule has 0 bridgehead atoms. The number of Topliss-reactive ketones (excluding diaryl/α,β-unsaturated/α-hetero) is 1. The predicted octanol–water partition coefficient (Wildman–Crippen LogP) is 10.2. The highest BCUT2D eigenvalue weighted by Gasteiger charge is 2.25. The number of hydrogen-bond acceptors (Lipinski definition) is 4. The van der Waals surface area contributed by atoms with Crippen molar-refractivity contribution in [2.24, 2.45) is 11.7 Å². The summed E-state index contributed by atoms with van der Waals surface area (Å²) in [5, 5.41) is 20.2. The quantitative estimate of drug-likeness (QED) is 0.0675. The Bertz CT molecular complexity index is 498. The molecule has 0 saturated carbocycles. The van der Waals surface area contributed by atoms with Crippen LogP contribution < -0.4 is 5.73 Å². The SMILES string of the molecule is CCCCCCCCCCCCCCCCCC(=O)[C@@H](CO)[C@H](O)CCCCCCCCCCCCCCCN. The first-order valence-corrected chi connectivity index (χ1v) is 18.2. The normalized spacial score (nSPS) is 13.1. The maximum atomic E-state index is 12.6. The smallest absolute Gasteiger partial charge is 0.140 e. The van der Waals surface area contributed by atoms with Crippen LogP contribution in [0.15, 0.2) is 0 Å². The minimum Gasteiger partial charge on any atom is -0.396 e. The van der Waals surface area contributed by atoms with E-state index in [0.717, 1.165) is 32.2 Å². The Morgan fingerprint density at radius 2 is 0.850 bits per heavy atom. The average molecular weight is 568 g/mol. The zero-order valence-electron chi connectivity index (χ0n) is 27.2. The fourth-order valence-corrected chi connectivity index (χ4v) is 5.94. The predicted molar refractivity (Wildman–Crippen MR) is 175 cm³/mol. The molecule has 2 atom stereocenters. The highest BCUT2D eigenvalue weighted by Crippen LogP contribution is 2.19. The van der Waals surface area contributed by atoms with Crippen molar-refractivity contribution >= 4 is 5.78 Å². The molecule has 0 saturated heterocycles. The highest BCUT2D eigenvalue weighted by molar-refractivity contribution is 5.81. The van der Waals surface area contributed by atoms with Gasteiger partial charge in [-0.1, -0.05) is 174 Å². The lowest BCUT2D eigenvalue weighted by Crippen LogP contribution is -2.31. The van der Waals surface area contributed by atoms with Gasteiger partial charge in [0.1, 0.15) is 5.78 Å². The second-order valence-electron chi connectivity index (χ2n) is 12.7. The lowest BCUT2D eigenvalue weighted by Gasteiger charge is -2.20. The van der Waals surface area contributed by atoms with Gasteiger partial charge in [0.2, 0.25) is 0 Å². The number of aliphatic hydroxyl groups excluding tert-OH is 2. The third kappa shape index (κ3) is 27.7. The van der Waals surface area contributed by atoms with Crippen LogP contribution in [0.1, 0.15) is 200 Å². The van der Waals surface area contributed by atoms with Gasteiger partial charge in [0.15, 0.2) is 0 Å². The molecule has 0 aromatic carbocycles. The number of carbonyl (C=O) groups is 1. The van der Waals surface area contributed by atoms with Gasteiger partial charge in [-0.25, -0.2) is 0 Å². The van der Waals surface area contributed by atoms with Crippen molar-refractivity contribution in [3.05, 3.63) is 0 Å². The van der Waals surface area contributed by atoms with E-state index >= 15 is 0 Å². The lowest BCUT2D eigenvalue weighted by molar-refractivity contribution is -0.128. The molecular formula is C36H73NO3. The van der Waals surface area contributed by atoms with Crippen molar-refractivity contribution in [1.29, 1.82) is 0 Å². The van der Waals surface area contributed by atoms with Crippen molar-refractivity contribution in [3.8, 4) is 0 Å². The second-order valence-corrected chi connectivity index (χ2v) is 12.7. The van der Waals surface area contributed by atoms with E-state index in [1.165, 1.54) is 154 Å². The van der Waals surface area contributed by atoms with Crippen LogP contribution in [0.2, 0.25) is 0 Å². The van der Waals surface area contributed by atoms with Gasteiger partial charge in [0.25, 0.3) is 0 Å². The van der Waals surface area contributed by atoms with Crippen LogP contribution in [0.3, 0.4) is 0 Å². The van der Waals surface area contributed by atoms with E-state index < -0.39 is 12.0 Å². The monoisotopic (exact) mass is 568 g/mol. The van der Waals surface area contributed by atoms with E-state index in [1.807, 2.05) is 0 Å². The number of carbonyl (C=O) groups excluding carboxylic acids is 1. The first-order valence-electron chi connectivity index (χ1n) is 18.2. The molecule has 0 unspecified atom stereocenters. The van der Waals surface area contributed by atoms with Gasteiger partial charge in [0.05, 0.1) is 18.6 Å². The molecular weight excluding hydrogens is 494 g/mol. The van der Waals surface area contributed by atoms with E-state index in [9.17, 15) is 15.0 Å². The maximum absolute atomic E-state index is 12.6. The topological polar surface area (TPSA) is 83.5 Å². The molecule has 0 aromatic rings. The van der Waals surface area contributed by atoms with Crippen molar-refractivity contribution in [2.45, 2.75) is 206 Å².